The van der Waals surface area contributed by atoms with E-state index in [1.807, 2.05) is 23.1 Å². The molecule has 1 aromatic carbocycles. The van der Waals surface area contributed by atoms with Gasteiger partial charge in [0.05, 0.1) is 5.92 Å². The molecule has 1 aliphatic heterocycles. The standard InChI is InChI=1S/C15H17ClFNO2/c16-13-4-2-1-3-10(13)11-7-18(8-12(11)14(19)20)9-15(17)5-6-15/h1-4,11-12H,5-9H2,(H,19,20)/t11-,12-/m0/s1. The summed E-state index contributed by atoms with van der Waals surface area (Å²) in [5.41, 5.74) is -0.230. The number of carbonyl (C=O) groups is 1. The maximum atomic E-state index is 13.9. The van der Waals surface area contributed by atoms with Crippen LogP contribution in [0.4, 0.5) is 4.39 Å². The first-order chi connectivity index (χ1) is 9.48. The third kappa shape index (κ3) is 2.67. The van der Waals surface area contributed by atoms with E-state index in [1.165, 1.54) is 0 Å². The van der Waals surface area contributed by atoms with E-state index in [4.69, 9.17) is 11.6 Å². The summed E-state index contributed by atoms with van der Waals surface area (Å²) in [7, 11) is 0. The quantitative estimate of drug-likeness (QED) is 0.929. The molecule has 0 amide bonds. The molecule has 5 heteroatoms. The van der Waals surface area contributed by atoms with Gasteiger partial charge in [0.2, 0.25) is 0 Å². The highest BCUT2D eigenvalue weighted by Crippen LogP contribution is 2.43. The molecule has 2 fully saturated rings. The molecule has 0 spiro atoms. The number of aliphatic carboxylic acids is 1. The normalized spacial score (nSPS) is 28.5. The van der Waals surface area contributed by atoms with E-state index in [2.05, 4.69) is 0 Å². The lowest BCUT2D eigenvalue weighted by molar-refractivity contribution is -0.141. The lowest BCUT2D eigenvalue weighted by Crippen LogP contribution is -2.30. The average molecular weight is 298 g/mol. The van der Waals surface area contributed by atoms with Gasteiger partial charge in [-0.05, 0) is 24.5 Å². The van der Waals surface area contributed by atoms with Gasteiger partial charge in [0.15, 0.2) is 0 Å². The topological polar surface area (TPSA) is 40.5 Å². The summed E-state index contributed by atoms with van der Waals surface area (Å²) in [6, 6.07) is 7.33. The van der Waals surface area contributed by atoms with Crippen LogP contribution in [0, 0.1) is 5.92 Å². The SMILES string of the molecule is O=C(O)[C@H]1CN(CC2(F)CC2)C[C@H]1c1ccccc1Cl. The second kappa shape index (κ2) is 5.01. The van der Waals surface area contributed by atoms with Gasteiger partial charge in [0.25, 0.3) is 0 Å². The average Bonchev–Trinajstić information content (AvgIpc) is 2.97. The summed E-state index contributed by atoms with van der Waals surface area (Å²) in [6.45, 7) is 1.31. The molecule has 1 N–H and O–H groups in total. The van der Waals surface area contributed by atoms with Crippen LogP contribution >= 0.6 is 11.6 Å². The summed E-state index contributed by atoms with van der Waals surface area (Å²) in [6.07, 6.45) is 1.19. The molecular weight excluding hydrogens is 281 g/mol. The molecular formula is C15H17ClFNO2. The highest BCUT2D eigenvalue weighted by molar-refractivity contribution is 6.31. The monoisotopic (exact) mass is 297 g/mol. The first-order valence-corrected chi connectivity index (χ1v) is 7.25. The Labute approximate surface area is 122 Å². The molecule has 108 valence electrons. The van der Waals surface area contributed by atoms with Gasteiger partial charge >= 0.3 is 5.97 Å². The van der Waals surface area contributed by atoms with Gasteiger partial charge in [-0.2, -0.15) is 0 Å². The molecule has 0 unspecified atom stereocenters. The third-order valence-electron chi connectivity index (χ3n) is 4.32. The van der Waals surface area contributed by atoms with E-state index in [1.54, 1.807) is 6.07 Å². The van der Waals surface area contributed by atoms with Crippen LogP contribution in [0.25, 0.3) is 0 Å². The van der Waals surface area contributed by atoms with Crippen molar-refractivity contribution in [1.29, 1.82) is 0 Å². The molecule has 3 rings (SSSR count). The van der Waals surface area contributed by atoms with Crippen molar-refractivity contribution in [2.45, 2.75) is 24.4 Å². The number of nitrogens with zero attached hydrogens (tertiary/aromatic N) is 1. The second-order valence-corrected chi connectivity index (χ2v) is 6.32. The van der Waals surface area contributed by atoms with E-state index in [9.17, 15) is 14.3 Å². The predicted molar refractivity (Wildman–Crippen MR) is 74.8 cm³/mol. The van der Waals surface area contributed by atoms with E-state index in [-0.39, 0.29) is 5.92 Å². The number of carboxylic acid groups (broad SMARTS) is 1. The summed E-state index contributed by atoms with van der Waals surface area (Å²) in [5, 5.41) is 9.99. The highest BCUT2D eigenvalue weighted by atomic mass is 35.5. The molecule has 0 radical (unpaired) electrons. The fourth-order valence-electron chi connectivity index (χ4n) is 3.05. The number of benzene rings is 1. The molecule has 1 saturated carbocycles. The van der Waals surface area contributed by atoms with E-state index >= 15 is 0 Å². The van der Waals surface area contributed by atoms with Gasteiger partial charge in [-0.15, -0.1) is 0 Å². The molecule has 1 heterocycles. The van der Waals surface area contributed by atoms with Crippen LogP contribution in [0.5, 0.6) is 0 Å². The minimum atomic E-state index is -1.08. The summed E-state index contributed by atoms with van der Waals surface area (Å²) in [5.74, 6) is -1.51. The van der Waals surface area contributed by atoms with Gasteiger partial charge in [0, 0.05) is 30.6 Å². The molecule has 1 saturated heterocycles. The molecule has 1 aromatic rings. The van der Waals surface area contributed by atoms with Crippen molar-refractivity contribution >= 4 is 17.6 Å². The van der Waals surface area contributed by atoms with Crippen LogP contribution in [0.1, 0.15) is 24.3 Å². The number of alkyl halides is 1. The zero-order chi connectivity index (χ0) is 14.3. The molecule has 2 atom stereocenters. The fourth-order valence-corrected chi connectivity index (χ4v) is 3.33. The molecule has 0 aromatic heterocycles. The van der Waals surface area contributed by atoms with Crippen LogP contribution in [0.3, 0.4) is 0 Å². The van der Waals surface area contributed by atoms with Crippen molar-refractivity contribution < 1.29 is 14.3 Å². The molecule has 2 aliphatic rings. The number of hydrogen-bond donors (Lipinski definition) is 1. The Morgan fingerprint density at radius 1 is 1.40 bits per heavy atom. The smallest absolute Gasteiger partial charge is 0.308 e. The predicted octanol–water partition coefficient (Wildman–Crippen LogP) is 2.94. The van der Waals surface area contributed by atoms with E-state index in [0.29, 0.717) is 37.5 Å². The zero-order valence-corrected chi connectivity index (χ0v) is 11.8. The highest BCUT2D eigenvalue weighted by Gasteiger charge is 2.48. The fraction of sp³-hybridized carbons (Fsp3) is 0.533. The number of rotatable bonds is 4. The largest absolute Gasteiger partial charge is 0.481 e. The molecule has 0 bridgehead atoms. The maximum Gasteiger partial charge on any atom is 0.308 e. The minimum absolute atomic E-state index is 0.163. The van der Waals surface area contributed by atoms with Crippen molar-refractivity contribution in [3.05, 3.63) is 34.9 Å². The lowest BCUT2D eigenvalue weighted by atomic mass is 9.89. The van der Waals surface area contributed by atoms with Crippen LogP contribution in [-0.2, 0) is 4.79 Å². The Balaban J connectivity index is 1.81. The Bertz CT molecular complexity index is 532. The van der Waals surface area contributed by atoms with Crippen LogP contribution in [-0.4, -0.2) is 41.3 Å². The number of hydrogen-bond acceptors (Lipinski definition) is 2. The van der Waals surface area contributed by atoms with Crippen LogP contribution in [0.2, 0.25) is 5.02 Å². The summed E-state index contributed by atoms with van der Waals surface area (Å²) in [4.78, 5) is 13.4. The Morgan fingerprint density at radius 2 is 2.10 bits per heavy atom. The van der Waals surface area contributed by atoms with Crippen molar-refractivity contribution in [2.75, 3.05) is 19.6 Å². The Kier molecular flexibility index (Phi) is 3.46. The third-order valence-corrected chi connectivity index (χ3v) is 4.66. The Morgan fingerprint density at radius 3 is 2.70 bits per heavy atom. The summed E-state index contributed by atoms with van der Waals surface area (Å²) >= 11 is 6.18. The van der Waals surface area contributed by atoms with E-state index in [0.717, 1.165) is 5.56 Å². The van der Waals surface area contributed by atoms with Gasteiger partial charge in [-0.25, -0.2) is 4.39 Å². The molecule has 20 heavy (non-hydrogen) atoms. The van der Waals surface area contributed by atoms with Crippen molar-refractivity contribution in [3.63, 3.8) is 0 Å². The van der Waals surface area contributed by atoms with Crippen molar-refractivity contribution in [3.8, 4) is 0 Å². The van der Waals surface area contributed by atoms with Gasteiger partial charge in [-0.1, -0.05) is 29.8 Å². The zero-order valence-electron chi connectivity index (χ0n) is 11.1. The van der Waals surface area contributed by atoms with E-state index < -0.39 is 17.6 Å². The van der Waals surface area contributed by atoms with Crippen molar-refractivity contribution in [2.24, 2.45) is 5.92 Å². The molecule has 3 nitrogen and oxygen atoms in total. The van der Waals surface area contributed by atoms with Gasteiger partial charge < -0.3 is 5.11 Å². The molecule has 1 aliphatic carbocycles. The number of carboxylic acids is 1. The lowest BCUT2D eigenvalue weighted by Gasteiger charge is -2.18. The van der Waals surface area contributed by atoms with Crippen molar-refractivity contribution in [1.82, 2.24) is 4.90 Å². The first kappa shape index (κ1) is 13.8. The summed E-state index contributed by atoms with van der Waals surface area (Å²) < 4.78 is 13.9. The maximum absolute atomic E-state index is 13.9. The minimum Gasteiger partial charge on any atom is -0.481 e. The second-order valence-electron chi connectivity index (χ2n) is 5.92. The Hall–Kier alpha value is -1.13. The van der Waals surface area contributed by atoms with Gasteiger partial charge in [0.1, 0.15) is 5.67 Å². The first-order valence-electron chi connectivity index (χ1n) is 6.87. The van der Waals surface area contributed by atoms with Gasteiger partial charge in [-0.3, -0.25) is 9.69 Å². The van der Waals surface area contributed by atoms with Crippen LogP contribution < -0.4 is 0 Å². The number of halogens is 2. The number of likely N-dealkylation sites (tertiary alicyclic amines) is 1. The van der Waals surface area contributed by atoms with Crippen LogP contribution in [0.15, 0.2) is 24.3 Å².